The monoisotopic (exact) mass is 362 g/mol. The van der Waals surface area contributed by atoms with E-state index in [2.05, 4.69) is 14.9 Å². The van der Waals surface area contributed by atoms with Crippen LogP contribution in [0.15, 0.2) is 34.7 Å². The Morgan fingerprint density at radius 2 is 2.17 bits per heavy atom. The Bertz CT molecular complexity index is 935. The number of benzene rings is 1. The third-order valence-corrected chi connectivity index (χ3v) is 4.99. The molecule has 0 radical (unpaired) electrons. The summed E-state index contributed by atoms with van der Waals surface area (Å²) in [5.41, 5.74) is -0.230. The molecule has 1 atom stereocenters. The molecule has 0 saturated carbocycles. The fraction of sp³-hybridized carbons (Fsp3) is 0.200. The molecule has 0 bridgehead atoms. The van der Waals surface area contributed by atoms with Crippen LogP contribution in [-0.2, 0) is 16.9 Å². The van der Waals surface area contributed by atoms with Crippen molar-refractivity contribution in [3.05, 3.63) is 46.1 Å². The van der Waals surface area contributed by atoms with Crippen LogP contribution in [0.2, 0.25) is 4.34 Å². The first-order chi connectivity index (χ1) is 11.5. The van der Waals surface area contributed by atoms with Crippen LogP contribution in [0, 0.1) is 0 Å². The number of hydrogen-bond acceptors (Lipinski definition) is 6. The molecule has 1 aromatic carbocycles. The van der Waals surface area contributed by atoms with E-state index in [1.165, 1.54) is 0 Å². The largest absolute Gasteiger partial charge is 0.458 e. The molecule has 4 rings (SSSR count). The molecule has 0 spiro atoms. The molecule has 1 aliphatic heterocycles. The van der Waals surface area contributed by atoms with Crippen LogP contribution in [0.3, 0.4) is 0 Å². The van der Waals surface area contributed by atoms with Crippen molar-refractivity contribution in [1.82, 2.24) is 19.8 Å². The van der Waals surface area contributed by atoms with Gasteiger partial charge >= 0.3 is 6.03 Å². The van der Waals surface area contributed by atoms with Gasteiger partial charge in [0.25, 0.3) is 5.91 Å². The molecule has 24 heavy (non-hydrogen) atoms. The van der Waals surface area contributed by atoms with Crippen molar-refractivity contribution >= 4 is 46.0 Å². The number of rotatable bonds is 3. The van der Waals surface area contributed by atoms with E-state index in [-0.39, 0.29) is 6.54 Å². The van der Waals surface area contributed by atoms with E-state index in [4.69, 9.17) is 16.0 Å². The van der Waals surface area contributed by atoms with E-state index in [0.717, 1.165) is 21.8 Å². The first-order valence-corrected chi connectivity index (χ1v) is 8.24. The summed E-state index contributed by atoms with van der Waals surface area (Å²) >= 11 is 6.97. The maximum atomic E-state index is 12.8. The lowest BCUT2D eigenvalue weighted by Crippen LogP contribution is -2.40. The molecule has 3 heterocycles. The van der Waals surface area contributed by atoms with Gasteiger partial charge in [0.05, 0.1) is 6.54 Å². The van der Waals surface area contributed by atoms with Crippen LogP contribution in [0.25, 0.3) is 11.0 Å². The highest BCUT2D eigenvalue weighted by atomic mass is 35.5. The summed E-state index contributed by atoms with van der Waals surface area (Å²) in [5.74, 6) is -0.0392. The molecule has 3 amide bonds. The van der Waals surface area contributed by atoms with E-state index in [1.54, 1.807) is 13.0 Å². The predicted octanol–water partition coefficient (Wildman–Crippen LogP) is 2.90. The van der Waals surface area contributed by atoms with Crippen LogP contribution in [0.5, 0.6) is 0 Å². The zero-order chi connectivity index (χ0) is 16.9. The number of urea groups is 1. The number of para-hydroxylation sites is 1. The van der Waals surface area contributed by atoms with Gasteiger partial charge in [-0.05, 0) is 19.1 Å². The van der Waals surface area contributed by atoms with Crippen molar-refractivity contribution < 1.29 is 14.0 Å². The molecule has 1 N–H and O–H groups in total. The number of carbonyl (C=O) groups excluding carboxylic acids is 2. The molecular weight excluding hydrogens is 352 g/mol. The van der Waals surface area contributed by atoms with Gasteiger partial charge in [-0.25, -0.2) is 4.79 Å². The number of fused-ring (bicyclic) bond motifs is 1. The zero-order valence-electron chi connectivity index (χ0n) is 12.4. The molecule has 122 valence electrons. The minimum atomic E-state index is -1.27. The van der Waals surface area contributed by atoms with Gasteiger partial charge in [0.15, 0.2) is 5.54 Å². The number of aromatic nitrogens is 2. The van der Waals surface area contributed by atoms with Gasteiger partial charge in [-0.1, -0.05) is 34.3 Å². The van der Waals surface area contributed by atoms with Crippen molar-refractivity contribution in [2.24, 2.45) is 0 Å². The molecule has 2 aromatic heterocycles. The lowest BCUT2D eigenvalue weighted by Gasteiger charge is -2.18. The van der Waals surface area contributed by atoms with Crippen molar-refractivity contribution in [2.75, 3.05) is 0 Å². The lowest BCUT2D eigenvalue weighted by molar-refractivity contribution is -0.132. The quantitative estimate of drug-likeness (QED) is 0.724. The average molecular weight is 363 g/mol. The van der Waals surface area contributed by atoms with Gasteiger partial charge < -0.3 is 9.73 Å². The van der Waals surface area contributed by atoms with Crippen molar-refractivity contribution in [3.63, 3.8) is 0 Å². The Morgan fingerprint density at radius 3 is 2.88 bits per heavy atom. The number of nitrogens with one attached hydrogen (secondary N) is 1. The Kier molecular flexibility index (Phi) is 3.33. The number of furan rings is 1. The summed E-state index contributed by atoms with van der Waals surface area (Å²) in [6.07, 6.45) is 0. The van der Waals surface area contributed by atoms with Gasteiger partial charge in [-0.15, -0.1) is 5.10 Å². The van der Waals surface area contributed by atoms with Crippen molar-refractivity contribution in [1.29, 1.82) is 0 Å². The summed E-state index contributed by atoms with van der Waals surface area (Å²) in [6, 6.07) is 8.65. The highest BCUT2D eigenvalue weighted by molar-refractivity contribution is 7.10. The van der Waals surface area contributed by atoms with E-state index >= 15 is 0 Å². The van der Waals surface area contributed by atoms with E-state index in [1.807, 2.05) is 24.3 Å². The minimum Gasteiger partial charge on any atom is -0.458 e. The number of imide groups is 1. The average Bonchev–Trinajstić information content (AvgIpc) is 3.22. The smallest absolute Gasteiger partial charge is 0.325 e. The van der Waals surface area contributed by atoms with Gasteiger partial charge in [-0.3, -0.25) is 9.69 Å². The maximum absolute atomic E-state index is 12.8. The third-order valence-electron chi connectivity index (χ3n) is 4.01. The van der Waals surface area contributed by atoms with Crippen LogP contribution < -0.4 is 5.32 Å². The number of amides is 3. The number of hydrogen-bond donors (Lipinski definition) is 1. The summed E-state index contributed by atoms with van der Waals surface area (Å²) in [5, 5.41) is 7.40. The summed E-state index contributed by atoms with van der Waals surface area (Å²) in [4.78, 5) is 26.2. The summed E-state index contributed by atoms with van der Waals surface area (Å²) in [7, 11) is 0. The second-order valence-electron chi connectivity index (χ2n) is 5.59. The molecular formula is C15H11ClN4O3S. The van der Waals surface area contributed by atoms with Gasteiger partial charge in [-0.2, -0.15) is 0 Å². The lowest BCUT2D eigenvalue weighted by atomic mass is 9.99. The Labute approximate surface area is 145 Å². The van der Waals surface area contributed by atoms with E-state index in [0.29, 0.717) is 21.4 Å². The Hall–Kier alpha value is -2.45. The van der Waals surface area contributed by atoms with E-state index < -0.39 is 17.5 Å². The fourth-order valence-corrected chi connectivity index (χ4v) is 3.29. The first-order valence-electron chi connectivity index (χ1n) is 7.09. The number of nitrogens with zero attached hydrogens (tertiary/aromatic N) is 3. The van der Waals surface area contributed by atoms with E-state index in [9.17, 15) is 9.59 Å². The maximum Gasteiger partial charge on any atom is 0.325 e. The number of halogens is 1. The van der Waals surface area contributed by atoms with Crippen LogP contribution >= 0.6 is 23.1 Å². The molecule has 3 aromatic rings. The van der Waals surface area contributed by atoms with Crippen LogP contribution in [0.1, 0.15) is 18.4 Å². The zero-order valence-corrected chi connectivity index (χ0v) is 14.0. The molecule has 0 aliphatic carbocycles. The highest BCUT2D eigenvalue weighted by Gasteiger charge is 2.51. The second-order valence-corrected chi connectivity index (χ2v) is 6.94. The summed E-state index contributed by atoms with van der Waals surface area (Å²) < 4.78 is 9.83. The topological polar surface area (TPSA) is 88.3 Å². The normalized spacial score (nSPS) is 20.8. The molecule has 1 fully saturated rings. The molecule has 9 heteroatoms. The molecule has 1 saturated heterocycles. The van der Waals surface area contributed by atoms with Crippen molar-refractivity contribution in [3.8, 4) is 0 Å². The predicted molar refractivity (Wildman–Crippen MR) is 87.6 cm³/mol. The molecule has 1 aliphatic rings. The first kappa shape index (κ1) is 15.1. The van der Waals surface area contributed by atoms with Gasteiger partial charge in [0.2, 0.25) is 0 Å². The van der Waals surface area contributed by atoms with Crippen LogP contribution in [-0.4, -0.2) is 26.4 Å². The second kappa shape index (κ2) is 5.29. The third kappa shape index (κ3) is 2.18. The SMILES string of the molecule is C[C@@]1(c2cc3ccccc3o2)NC(=O)N(Cc2nnsc2Cl)C1=O. The minimum absolute atomic E-state index is 0.0319. The summed E-state index contributed by atoms with van der Waals surface area (Å²) in [6.45, 7) is 1.58. The van der Waals surface area contributed by atoms with Crippen LogP contribution in [0.4, 0.5) is 4.79 Å². The number of carbonyl (C=O) groups is 2. The Morgan fingerprint density at radius 1 is 1.38 bits per heavy atom. The van der Waals surface area contributed by atoms with Gasteiger partial charge in [0.1, 0.15) is 21.4 Å². The van der Waals surface area contributed by atoms with Crippen molar-refractivity contribution in [2.45, 2.75) is 19.0 Å². The fourth-order valence-electron chi connectivity index (χ4n) is 2.68. The molecule has 0 unspecified atom stereocenters. The molecule has 7 nitrogen and oxygen atoms in total. The highest BCUT2D eigenvalue weighted by Crippen LogP contribution is 2.34. The van der Waals surface area contributed by atoms with Gasteiger partial charge in [0, 0.05) is 16.9 Å². The standard InChI is InChI=1S/C15H11ClN4O3S/c1-15(11-6-8-4-2-3-5-10(8)23-11)13(21)20(14(22)17-15)7-9-12(16)24-19-18-9/h2-6H,7H2,1H3,(H,17,22)/t15-/m0/s1. The Balaban J connectivity index is 1.69.